The molecule has 0 saturated carbocycles. The number of hydrogen-bond acceptors (Lipinski definition) is 5. The lowest BCUT2D eigenvalue weighted by atomic mass is 10.0. The Kier molecular flexibility index (Phi) is 39.3. The van der Waals surface area contributed by atoms with Crippen LogP contribution in [0.4, 0.5) is 0 Å². The SMILES string of the molecule is CC/C=C/C=C/C=C\C=C/CCCCCC(=O)OC(CCCCCCCCC)CC(=O)NC(CO)C(O)CCCCCCCCCCCCCCCC. The van der Waals surface area contributed by atoms with Gasteiger partial charge >= 0.3 is 5.97 Å². The van der Waals surface area contributed by atoms with Gasteiger partial charge in [-0.1, -0.05) is 204 Å². The van der Waals surface area contributed by atoms with Crippen molar-refractivity contribution < 1.29 is 24.5 Å². The van der Waals surface area contributed by atoms with Gasteiger partial charge in [-0.2, -0.15) is 0 Å². The van der Waals surface area contributed by atoms with E-state index in [0.717, 1.165) is 70.6 Å². The lowest BCUT2D eigenvalue weighted by Crippen LogP contribution is -2.46. The van der Waals surface area contributed by atoms with Gasteiger partial charge < -0.3 is 20.3 Å². The molecule has 0 aromatic heterocycles. The number of ether oxygens (including phenoxy) is 1. The first kappa shape index (κ1) is 50.8. The Hall–Kier alpha value is -2.18. The Morgan fingerprint density at radius 3 is 1.53 bits per heavy atom. The van der Waals surface area contributed by atoms with Crippen molar-refractivity contribution in [1.82, 2.24) is 5.32 Å². The van der Waals surface area contributed by atoms with Crippen LogP contribution in [0, 0.1) is 0 Å². The average Bonchev–Trinajstić information content (AvgIpc) is 3.15. The predicted octanol–water partition coefficient (Wildman–Crippen LogP) is 12.7. The van der Waals surface area contributed by atoms with Crippen molar-refractivity contribution in [3.8, 4) is 0 Å². The molecule has 6 nitrogen and oxygen atoms in total. The second-order valence-electron chi connectivity index (χ2n) is 15.2. The van der Waals surface area contributed by atoms with Crippen LogP contribution in [0.2, 0.25) is 0 Å². The highest BCUT2D eigenvalue weighted by Gasteiger charge is 2.24. The summed E-state index contributed by atoms with van der Waals surface area (Å²) < 4.78 is 5.85. The van der Waals surface area contributed by atoms with Gasteiger partial charge in [0.1, 0.15) is 6.10 Å². The molecule has 0 heterocycles. The predicted molar refractivity (Wildman–Crippen MR) is 227 cm³/mol. The maximum Gasteiger partial charge on any atom is 0.306 e. The van der Waals surface area contributed by atoms with Gasteiger partial charge in [-0.15, -0.1) is 0 Å². The first-order chi connectivity index (χ1) is 26.0. The normalized spacial score (nSPS) is 13.8. The highest BCUT2D eigenvalue weighted by Crippen LogP contribution is 2.17. The molecule has 3 unspecified atom stereocenters. The standard InChI is InChI=1S/C47H85NO5/c1-4-7-10-13-16-18-20-22-24-25-27-30-33-36-39-45(50)44(42-49)48-46(51)41-43(38-35-32-29-15-12-9-6-3)53-47(52)40-37-34-31-28-26-23-21-19-17-14-11-8-5-2/h8,11,14,17,19,21,23,26,43-45,49-50H,4-7,9-10,12-13,15-16,18,20,22,24-25,27-42H2,1-3H3,(H,48,51)/b11-8+,17-14+,21-19-,26-23-. The molecule has 0 rings (SSSR count). The van der Waals surface area contributed by atoms with Gasteiger partial charge in [0, 0.05) is 6.42 Å². The maximum absolute atomic E-state index is 13.1. The van der Waals surface area contributed by atoms with Gasteiger partial charge in [-0.3, -0.25) is 9.59 Å². The Balaban J connectivity index is 4.49. The second kappa shape index (κ2) is 41.0. The summed E-state index contributed by atoms with van der Waals surface area (Å²) in [7, 11) is 0. The number of unbranched alkanes of at least 4 members (excludes halogenated alkanes) is 22. The van der Waals surface area contributed by atoms with Crippen molar-refractivity contribution in [3.63, 3.8) is 0 Å². The fourth-order valence-electron chi connectivity index (χ4n) is 6.62. The van der Waals surface area contributed by atoms with E-state index in [2.05, 4.69) is 44.3 Å². The Bertz CT molecular complexity index is 926. The quantitative estimate of drug-likeness (QED) is 0.0331. The third kappa shape index (κ3) is 36.6. The fraction of sp³-hybridized carbons (Fsp3) is 0.787. The summed E-state index contributed by atoms with van der Waals surface area (Å²) in [5.74, 6) is -0.525. The summed E-state index contributed by atoms with van der Waals surface area (Å²) in [4.78, 5) is 25.8. The van der Waals surface area contributed by atoms with E-state index >= 15 is 0 Å². The van der Waals surface area contributed by atoms with Crippen LogP contribution in [-0.4, -0.2) is 46.9 Å². The molecule has 0 spiro atoms. The molecular weight excluding hydrogens is 659 g/mol. The fourth-order valence-corrected chi connectivity index (χ4v) is 6.62. The van der Waals surface area contributed by atoms with Crippen LogP contribution in [0.3, 0.4) is 0 Å². The van der Waals surface area contributed by atoms with Gasteiger partial charge in [0.05, 0.1) is 25.2 Å². The first-order valence-corrected chi connectivity index (χ1v) is 22.4. The van der Waals surface area contributed by atoms with Gasteiger partial charge in [-0.05, 0) is 44.9 Å². The lowest BCUT2D eigenvalue weighted by molar-refractivity contribution is -0.151. The zero-order valence-electron chi connectivity index (χ0n) is 34.9. The number of nitrogens with one attached hydrogen (secondary N) is 1. The topological polar surface area (TPSA) is 95.9 Å². The highest BCUT2D eigenvalue weighted by molar-refractivity contribution is 5.77. The number of carbonyl (C=O) groups excluding carboxylic acids is 2. The monoisotopic (exact) mass is 744 g/mol. The number of amides is 1. The molecular formula is C47H85NO5. The van der Waals surface area contributed by atoms with Crippen LogP contribution in [0.1, 0.15) is 213 Å². The van der Waals surface area contributed by atoms with E-state index in [1.807, 2.05) is 30.4 Å². The van der Waals surface area contributed by atoms with E-state index in [1.54, 1.807) is 0 Å². The Labute approximate surface area is 327 Å². The summed E-state index contributed by atoms with van der Waals surface area (Å²) in [6, 6.07) is -0.705. The minimum atomic E-state index is -0.791. The van der Waals surface area contributed by atoms with Crippen molar-refractivity contribution in [2.24, 2.45) is 0 Å². The average molecular weight is 744 g/mol. The first-order valence-electron chi connectivity index (χ1n) is 22.4. The number of carbonyl (C=O) groups is 2. The molecule has 53 heavy (non-hydrogen) atoms. The molecule has 0 fully saturated rings. The number of esters is 1. The molecule has 0 bridgehead atoms. The third-order valence-corrected chi connectivity index (χ3v) is 10.0. The molecule has 0 saturated heterocycles. The van der Waals surface area contributed by atoms with Crippen LogP contribution in [0.15, 0.2) is 48.6 Å². The molecule has 308 valence electrons. The molecule has 0 radical (unpaired) electrons. The molecule has 6 heteroatoms. The molecule has 3 N–H and O–H groups in total. The number of rotatable bonds is 39. The lowest BCUT2D eigenvalue weighted by Gasteiger charge is -2.24. The van der Waals surface area contributed by atoms with Crippen molar-refractivity contribution in [1.29, 1.82) is 0 Å². The van der Waals surface area contributed by atoms with Crippen molar-refractivity contribution in [3.05, 3.63) is 48.6 Å². The van der Waals surface area contributed by atoms with Crippen LogP contribution in [-0.2, 0) is 14.3 Å². The van der Waals surface area contributed by atoms with E-state index in [1.165, 1.54) is 96.3 Å². The molecule has 0 aromatic rings. The highest BCUT2D eigenvalue weighted by atomic mass is 16.5. The summed E-state index contributed by atoms with van der Waals surface area (Å²) in [5.41, 5.74) is 0. The number of aliphatic hydroxyl groups excluding tert-OH is 2. The largest absolute Gasteiger partial charge is 0.462 e. The smallest absolute Gasteiger partial charge is 0.306 e. The zero-order chi connectivity index (χ0) is 38.9. The molecule has 0 aliphatic heterocycles. The minimum absolute atomic E-state index is 0.0616. The van der Waals surface area contributed by atoms with E-state index in [9.17, 15) is 19.8 Å². The zero-order valence-corrected chi connectivity index (χ0v) is 34.9. The van der Waals surface area contributed by atoms with E-state index in [-0.39, 0.29) is 24.9 Å². The van der Waals surface area contributed by atoms with E-state index < -0.39 is 18.2 Å². The second-order valence-corrected chi connectivity index (χ2v) is 15.2. The van der Waals surface area contributed by atoms with Crippen molar-refractivity contribution >= 4 is 11.9 Å². The van der Waals surface area contributed by atoms with Crippen LogP contribution >= 0.6 is 0 Å². The molecule has 0 aliphatic rings. The van der Waals surface area contributed by atoms with Gasteiger partial charge in [0.2, 0.25) is 5.91 Å². The van der Waals surface area contributed by atoms with Gasteiger partial charge in [-0.25, -0.2) is 0 Å². The van der Waals surface area contributed by atoms with E-state index in [0.29, 0.717) is 19.3 Å². The molecule has 3 atom stereocenters. The summed E-state index contributed by atoms with van der Waals surface area (Å²) in [6.45, 7) is 6.29. The Morgan fingerprint density at radius 1 is 0.566 bits per heavy atom. The molecule has 1 amide bonds. The molecule has 0 aliphatic carbocycles. The summed E-state index contributed by atoms with van der Waals surface area (Å²) in [5, 5.41) is 23.6. The maximum atomic E-state index is 13.1. The number of allylic oxidation sites excluding steroid dienone is 8. The molecule has 0 aromatic carbocycles. The summed E-state index contributed by atoms with van der Waals surface area (Å²) >= 11 is 0. The minimum Gasteiger partial charge on any atom is -0.462 e. The van der Waals surface area contributed by atoms with Crippen LogP contribution in [0.5, 0.6) is 0 Å². The van der Waals surface area contributed by atoms with Gasteiger partial charge in [0.15, 0.2) is 0 Å². The van der Waals surface area contributed by atoms with Crippen LogP contribution < -0.4 is 5.32 Å². The van der Waals surface area contributed by atoms with E-state index in [4.69, 9.17) is 4.74 Å². The van der Waals surface area contributed by atoms with Crippen LogP contribution in [0.25, 0.3) is 0 Å². The van der Waals surface area contributed by atoms with Gasteiger partial charge in [0.25, 0.3) is 0 Å². The van der Waals surface area contributed by atoms with Crippen molar-refractivity contribution in [2.45, 2.75) is 232 Å². The number of aliphatic hydroxyl groups is 2. The Morgan fingerprint density at radius 2 is 1.02 bits per heavy atom. The number of hydrogen-bond donors (Lipinski definition) is 3. The van der Waals surface area contributed by atoms with Crippen molar-refractivity contribution in [2.75, 3.05) is 6.61 Å². The third-order valence-electron chi connectivity index (χ3n) is 10.0. The summed E-state index contributed by atoms with van der Waals surface area (Å²) in [6.07, 6.45) is 47.5.